The fraction of sp³-hybridized carbons (Fsp3) is 0.429. The highest BCUT2D eigenvalue weighted by molar-refractivity contribution is 9.10. The van der Waals surface area contributed by atoms with Crippen molar-refractivity contribution in [2.75, 3.05) is 22.9 Å². The molecule has 1 atom stereocenters. The molecule has 6 rings (SSSR count). The highest BCUT2D eigenvalue weighted by Gasteiger charge is 2.42. The molecule has 2 aromatic carbocycles. The molecule has 188 valence electrons. The van der Waals surface area contributed by atoms with Gasteiger partial charge in [0.1, 0.15) is 5.82 Å². The van der Waals surface area contributed by atoms with Crippen LogP contribution in [0.3, 0.4) is 0 Å². The van der Waals surface area contributed by atoms with Crippen LogP contribution in [0.15, 0.2) is 53.1 Å². The molecule has 3 heterocycles. The largest absolute Gasteiger partial charge is 0.368 e. The molecule has 2 fully saturated rings. The van der Waals surface area contributed by atoms with Gasteiger partial charge in [-0.25, -0.2) is 9.18 Å². The lowest BCUT2D eigenvalue weighted by Gasteiger charge is -2.46. The van der Waals surface area contributed by atoms with Gasteiger partial charge in [-0.2, -0.15) is 5.10 Å². The van der Waals surface area contributed by atoms with Gasteiger partial charge < -0.3 is 9.80 Å². The fourth-order valence-corrected chi connectivity index (χ4v) is 6.55. The van der Waals surface area contributed by atoms with Crippen molar-refractivity contribution in [1.82, 2.24) is 14.7 Å². The normalized spacial score (nSPS) is 20.7. The zero-order chi connectivity index (χ0) is 25.0. The summed E-state index contributed by atoms with van der Waals surface area (Å²) in [5.41, 5.74) is 4.26. The van der Waals surface area contributed by atoms with Gasteiger partial charge in [-0.05, 0) is 77.7 Å². The van der Waals surface area contributed by atoms with Gasteiger partial charge in [0.15, 0.2) is 5.82 Å². The molecule has 3 aromatic rings. The summed E-state index contributed by atoms with van der Waals surface area (Å²) in [5, 5.41) is 4.71. The number of carbonyl (C=O) groups is 1. The van der Waals surface area contributed by atoms with Crippen molar-refractivity contribution >= 4 is 33.5 Å². The van der Waals surface area contributed by atoms with Crippen LogP contribution >= 0.6 is 15.9 Å². The summed E-state index contributed by atoms with van der Waals surface area (Å²) in [4.78, 5) is 20.1. The number of piperidine rings is 1. The standard InChI is InChI=1S/C28H31BrFN5O/c1-18-23-17-32(2)31-27(23)34(16-20-6-3-4-7-22(20)19-10-11-19)28(36)35(18)21-12-14-33(15-13-21)26-24(29)8-5-9-25(26)30/h3-9,17-19,21H,10-16H2,1-2H3/t18-/m0/s1. The number of anilines is 2. The number of benzene rings is 2. The minimum Gasteiger partial charge on any atom is -0.368 e. The molecule has 2 amide bonds. The molecule has 0 bridgehead atoms. The lowest BCUT2D eigenvalue weighted by molar-refractivity contribution is 0.136. The van der Waals surface area contributed by atoms with Crippen molar-refractivity contribution in [3.63, 3.8) is 0 Å². The van der Waals surface area contributed by atoms with Crippen molar-refractivity contribution in [2.24, 2.45) is 7.05 Å². The lowest BCUT2D eigenvalue weighted by atomic mass is 9.97. The number of hydrogen-bond donors (Lipinski definition) is 0. The molecule has 1 saturated carbocycles. The summed E-state index contributed by atoms with van der Waals surface area (Å²) in [6, 6.07) is 13.6. The van der Waals surface area contributed by atoms with Crippen LogP contribution in [0.1, 0.15) is 61.3 Å². The van der Waals surface area contributed by atoms with Crippen LogP contribution in [-0.2, 0) is 13.6 Å². The van der Waals surface area contributed by atoms with Gasteiger partial charge in [-0.3, -0.25) is 9.58 Å². The summed E-state index contributed by atoms with van der Waals surface area (Å²) in [7, 11) is 1.92. The summed E-state index contributed by atoms with van der Waals surface area (Å²) >= 11 is 3.51. The van der Waals surface area contributed by atoms with Crippen LogP contribution in [0, 0.1) is 5.82 Å². The molecule has 0 N–H and O–H groups in total. The van der Waals surface area contributed by atoms with E-state index in [4.69, 9.17) is 5.10 Å². The van der Waals surface area contributed by atoms with Gasteiger partial charge in [0.05, 0.1) is 18.3 Å². The molecule has 0 radical (unpaired) electrons. The lowest BCUT2D eigenvalue weighted by Crippen LogP contribution is -2.55. The Kier molecular flexibility index (Phi) is 6.02. The Balaban J connectivity index is 1.27. The maximum absolute atomic E-state index is 14.6. The van der Waals surface area contributed by atoms with Gasteiger partial charge in [-0.15, -0.1) is 0 Å². The minimum atomic E-state index is -0.217. The van der Waals surface area contributed by atoms with E-state index in [1.54, 1.807) is 6.07 Å². The third kappa shape index (κ3) is 4.09. The van der Waals surface area contributed by atoms with E-state index in [1.165, 1.54) is 30.0 Å². The number of nitrogens with zero attached hydrogens (tertiary/aromatic N) is 5. The molecule has 2 aliphatic heterocycles. The first-order chi connectivity index (χ1) is 17.4. The summed E-state index contributed by atoms with van der Waals surface area (Å²) in [6.07, 6.45) is 6.07. The number of amides is 2. The quantitative estimate of drug-likeness (QED) is 0.370. The third-order valence-corrected chi connectivity index (χ3v) is 8.56. The molecule has 6 nitrogen and oxygen atoms in total. The van der Waals surface area contributed by atoms with E-state index < -0.39 is 0 Å². The van der Waals surface area contributed by atoms with Crippen molar-refractivity contribution in [1.29, 1.82) is 0 Å². The Morgan fingerprint density at radius 1 is 1.03 bits per heavy atom. The number of aromatic nitrogens is 2. The van der Waals surface area contributed by atoms with Crippen LogP contribution in [0.4, 0.5) is 20.7 Å². The number of fused-ring (bicyclic) bond motifs is 1. The zero-order valence-corrected chi connectivity index (χ0v) is 22.3. The van der Waals surface area contributed by atoms with Crippen LogP contribution in [0.25, 0.3) is 0 Å². The van der Waals surface area contributed by atoms with E-state index in [0.29, 0.717) is 31.2 Å². The SMILES string of the molecule is C[C@H]1c2cn(C)nc2N(Cc2ccccc2C2CC2)C(=O)N1C1CCN(c2c(F)cccc2Br)CC1. The smallest absolute Gasteiger partial charge is 0.326 e. The molecule has 3 aliphatic rings. The van der Waals surface area contributed by atoms with Gasteiger partial charge in [0.2, 0.25) is 0 Å². The predicted molar refractivity (Wildman–Crippen MR) is 143 cm³/mol. The van der Waals surface area contributed by atoms with Gasteiger partial charge in [0.25, 0.3) is 0 Å². The topological polar surface area (TPSA) is 44.6 Å². The van der Waals surface area contributed by atoms with Crippen molar-refractivity contribution in [3.8, 4) is 0 Å². The Labute approximate surface area is 219 Å². The maximum Gasteiger partial charge on any atom is 0.326 e. The molecular weight excluding hydrogens is 521 g/mol. The second-order valence-corrected chi connectivity index (χ2v) is 11.1. The average molecular weight is 552 g/mol. The summed E-state index contributed by atoms with van der Waals surface area (Å²) in [6.45, 7) is 4.03. The Bertz CT molecular complexity index is 1280. The third-order valence-electron chi connectivity index (χ3n) is 7.92. The van der Waals surface area contributed by atoms with E-state index in [2.05, 4.69) is 56.9 Å². The first-order valence-corrected chi connectivity index (χ1v) is 13.6. The maximum atomic E-state index is 14.6. The Morgan fingerprint density at radius 2 is 1.78 bits per heavy atom. The Morgan fingerprint density at radius 3 is 2.50 bits per heavy atom. The van der Waals surface area contributed by atoms with Crippen LogP contribution in [-0.4, -0.2) is 39.8 Å². The molecule has 8 heteroatoms. The van der Waals surface area contributed by atoms with Crippen molar-refractivity contribution in [2.45, 2.75) is 57.2 Å². The highest BCUT2D eigenvalue weighted by Crippen LogP contribution is 2.44. The number of halogens is 2. The molecular formula is C28H31BrFN5O. The number of aryl methyl sites for hydroxylation is 1. The molecule has 0 spiro atoms. The van der Waals surface area contributed by atoms with E-state index in [0.717, 1.165) is 28.7 Å². The Hall–Kier alpha value is -2.87. The predicted octanol–water partition coefficient (Wildman–Crippen LogP) is 6.37. The molecule has 1 aliphatic carbocycles. The minimum absolute atomic E-state index is 0.0184. The molecule has 0 unspecified atom stereocenters. The second-order valence-electron chi connectivity index (χ2n) is 10.3. The van der Waals surface area contributed by atoms with E-state index >= 15 is 0 Å². The molecule has 36 heavy (non-hydrogen) atoms. The highest BCUT2D eigenvalue weighted by atomic mass is 79.9. The van der Waals surface area contributed by atoms with Crippen molar-refractivity contribution in [3.05, 3.63) is 75.6 Å². The van der Waals surface area contributed by atoms with Gasteiger partial charge >= 0.3 is 6.03 Å². The van der Waals surface area contributed by atoms with Crippen molar-refractivity contribution < 1.29 is 9.18 Å². The number of carbonyl (C=O) groups excluding carboxylic acids is 1. The zero-order valence-electron chi connectivity index (χ0n) is 20.7. The van der Waals surface area contributed by atoms with E-state index in [1.807, 2.05) is 28.9 Å². The summed E-state index contributed by atoms with van der Waals surface area (Å²) < 4.78 is 17.2. The monoisotopic (exact) mass is 551 g/mol. The number of hydrogen-bond acceptors (Lipinski definition) is 3. The van der Waals surface area contributed by atoms with Crippen LogP contribution in [0.2, 0.25) is 0 Å². The number of urea groups is 1. The number of para-hydroxylation sites is 1. The van der Waals surface area contributed by atoms with Gasteiger partial charge in [-0.1, -0.05) is 30.3 Å². The number of rotatable bonds is 5. The first-order valence-electron chi connectivity index (χ1n) is 12.8. The summed E-state index contributed by atoms with van der Waals surface area (Å²) in [5.74, 6) is 1.16. The average Bonchev–Trinajstić information content (AvgIpc) is 3.63. The van der Waals surface area contributed by atoms with Crippen LogP contribution in [0.5, 0.6) is 0 Å². The molecule has 1 aromatic heterocycles. The van der Waals surface area contributed by atoms with Gasteiger partial charge in [0, 0.05) is 42.4 Å². The fourth-order valence-electron chi connectivity index (χ4n) is 5.96. The van der Waals surface area contributed by atoms with E-state index in [-0.39, 0.29) is 23.9 Å². The first kappa shape index (κ1) is 23.5. The van der Waals surface area contributed by atoms with Crippen LogP contribution < -0.4 is 9.80 Å². The second kappa shape index (κ2) is 9.21. The molecule has 1 saturated heterocycles. The van der Waals surface area contributed by atoms with E-state index in [9.17, 15) is 9.18 Å².